The van der Waals surface area contributed by atoms with Crippen LogP contribution in [0.1, 0.15) is 37.8 Å². The largest absolute Gasteiger partial charge is 0.368 e. The summed E-state index contributed by atoms with van der Waals surface area (Å²) >= 11 is 0. The Balaban J connectivity index is 2.66. The molecular formula is C14H22N2O. The molecule has 0 saturated carbocycles. The summed E-state index contributed by atoms with van der Waals surface area (Å²) in [6.45, 7) is 6.92. The Morgan fingerprint density at radius 3 is 2.18 bits per heavy atom. The van der Waals surface area contributed by atoms with E-state index in [1.54, 1.807) is 0 Å². The maximum Gasteiger partial charge on any atom is 0.234 e. The smallest absolute Gasteiger partial charge is 0.234 e. The lowest BCUT2D eigenvalue weighted by atomic mass is 10.0. The number of benzene rings is 1. The van der Waals surface area contributed by atoms with Crippen LogP contribution in [-0.4, -0.2) is 23.9 Å². The summed E-state index contributed by atoms with van der Waals surface area (Å²) in [5, 5.41) is 0. The van der Waals surface area contributed by atoms with Crippen molar-refractivity contribution in [1.29, 1.82) is 0 Å². The van der Waals surface area contributed by atoms with Gasteiger partial charge < -0.3 is 5.73 Å². The zero-order chi connectivity index (χ0) is 13.0. The van der Waals surface area contributed by atoms with E-state index in [0.717, 1.165) is 6.54 Å². The molecular weight excluding hydrogens is 212 g/mol. The molecule has 1 rings (SSSR count). The van der Waals surface area contributed by atoms with Crippen molar-refractivity contribution in [1.82, 2.24) is 4.90 Å². The van der Waals surface area contributed by atoms with Crippen molar-refractivity contribution in [3.63, 3.8) is 0 Å². The quantitative estimate of drug-likeness (QED) is 0.848. The van der Waals surface area contributed by atoms with Crippen LogP contribution in [0.15, 0.2) is 24.3 Å². The molecule has 0 aliphatic carbocycles. The number of nitrogens with two attached hydrogens (primary N) is 1. The number of likely N-dealkylation sites (N-methyl/N-ethyl adjacent to an activating group) is 1. The summed E-state index contributed by atoms with van der Waals surface area (Å²) < 4.78 is 0. The SMILES string of the molecule is CC(C)c1ccc(CN(C)[C@H](C)C(N)=O)cc1. The Labute approximate surface area is 104 Å². The summed E-state index contributed by atoms with van der Waals surface area (Å²) in [5.41, 5.74) is 7.81. The van der Waals surface area contributed by atoms with E-state index >= 15 is 0 Å². The van der Waals surface area contributed by atoms with E-state index in [0.29, 0.717) is 5.92 Å². The summed E-state index contributed by atoms with van der Waals surface area (Å²) in [7, 11) is 1.91. The van der Waals surface area contributed by atoms with Crippen LogP contribution in [0, 0.1) is 0 Å². The third-order valence-corrected chi connectivity index (χ3v) is 3.15. The fourth-order valence-electron chi connectivity index (χ4n) is 1.65. The molecule has 1 aromatic rings. The Kier molecular flexibility index (Phi) is 4.70. The van der Waals surface area contributed by atoms with Gasteiger partial charge in [-0.25, -0.2) is 0 Å². The van der Waals surface area contributed by atoms with Crippen LogP contribution < -0.4 is 5.73 Å². The maximum absolute atomic E-state index is 11.1. The number of carbonyl (C=O) groups is 1. The maximum atomic E-state index is 11.1. The van der Waals surface area contributed by atoms with Crippen LogP contribution >= 0.6 is 0 Å². The molecule has 0 fully saturated rings. The van der Waals surface area contributed by atoms with Crippen molar-refractivity contribution >= 4 is 5.91 Å². The fraction of sp³-hybridized carbons (Fsp3) is 0.500. The van der Waals surface area contributed by atoms with Gasteiger partial charge in [0, 0.05) is 6.54 Å². The molecule has 94 valence electrons. The average molecular weight is 234 g/mol. The highest BCUT2D eigenvalue weighted by Crippen LogP contribution is 2.15. The first-order valence-electron chi connectivity index (χ1n) is 6.00. The highest BCUT2D eigenvalue weighted by Gasteiger charge is 2.14. The summed E-state index contributed by atoms with van der Waals surface area (Å²) in [5.74, 6) is 0.262. The second-order valence-electron chi connectivity index (χ2n) is 4.89. The van der Waals surface area contributed by atoms with Gasteiger partial charge in [0.05, 0.1) is 6.04 Å². The van der Waals surface area contributed by atoms with Crippen LogP contribution in [-0.2, 0) is 11.3 Å². The Morgan fingerprint density at radius 1 is 1.24 bits per heavy atom. The lowest BCUT2D eigenvalue weighted by molar-refractivity contribution is -0.122. The zero-order valence-corrected chi connectivity index (χ0v) is 11.1. The molecule has 2 N–H and O–H groups in total. The molecule has 0 aromatic heterocycles. The van der Waals surface area contributed by atoms with E-state index in [-0.39, 0.29) is 11.9 Å². The molecule has 0 radical (unpaired) electrons. The third kappa shape index (κ3) is 3.86. The molecule has 1 amide bonds. The van der Waals surface area contributed by atoms with E-state index < -0.39 is 0 Å². The fourth-order valence-corrected chi connectivity index (χ4v) is 1.65. The molecule has 0 heterocycles. The van der Waals surface area contributed by atoms with Crippen molar-refractivity contribution in [3.05, 3.63) is 35.4 Å². The number of primary amides is 1. The Morgan fingerprint density at radius 2 is 1.76 bits per heavy atom. The van der Waals surface area contributed by atoms with Gasteiger partial charge >= 0.3 is 0 Å². The van der Waals surface area contributed by atoms with Crippen molar-refractivity contribution in [3.8, 4) is 0 Å². The van der Waals surface area contributed by atoms with Crippen molar-refractivity contribution < 1.29 is 4.79 Å². The minimum absolute atomic E-state index is 0.236. The number of hydrogen-bond acceptors (Lipinski definition) is 2. The highest BCUT2D eigenvalue weighted by molar-refractivity contribution is 5.79. The molecule has 0 unspecified atom stereocenters. The van der Waals surface area contributed by atoms with Crippen LogP contribution in [0.5, 0.6) is 0 Å². The third-order valence-electron chi connectivity index (χ3n) is 3.15. The van der Waals surface area contributed by atoms with Gasteiger partial charge in [-0.2, -0.15) is 0 Å². The molecule has 0 bridgehead atoms. The number of hydrogen-bond donors (Lipinski definition) is 1. The van der Waals surface area contributed by atoms with Gasteiger partial charge in [-0.05, 0) is 31.0 Å². The minimum atomic E-state index is -0.286. The van der Waals surface area contributed by atoms with E-state index in [4.69, 9.17) is 5.73 Å². The van der Waals surface area contributed by atoms with Crippen molar-refractivity contribution in [2.75, 3.05) is 7.05 Å². The average Bonchev–Trinajstić information content (AvgIpc) is 2.28. The van der Waals surface area contributed by atoms with Gasteiger partial charge in [-0.1, -0.05) is 38.1 Å². The molecule has 0 aliphatic rings. The number of amides is 1. The van der Waals surface area contributed by atoms with Crippen LogP contribution in [0.25, 0.3) is 0 Å². The Bertz CT molecular complexity index is 370. The van der Waals surface area contributed by atoms with E-state index in [9.17, 15) is 4.79 Å². The van der Waals surface area contributed by atoms with E-state index in [1.807, 2.05) is 18.9 Å². The second-order valence-corrected chi connectivity index (χ2v) is 4.89. The van der Waals surface area contributed by atoms with Gasteiger partial charge in [0.1, 0.15) is 0 Å². The van der Waals surface area contributed by atoms with Crippen LogP contribution in [0.2, 0.25) is 0 Å². The molecule has 0 spiro atoms. The molecule has 1 atom stereocenters. The summed E-state index contributed by atoms with van der Waals surface area (Å²) in [6, 6.07) is 8.27. The van der Waals surface area contributed by atoms with Crippen LogP contribution in [0.4, 0.5) is 0 Å². The normalized spacial score (nSPS) is 13.1. The summed E-state index contributed by atoms with van der Waals surface area (Å²) in [4.78, 5) is 13.0. The number of rotatable bonds is 5. The minimum Gasteiger partial charge on any atom is -0.368 e. The lowest BCUT2D eigenvalue weighted by Crippen LogP contribution is -2.39. The van der Waals surface area contributed by atoms with Gasteiger partial charge in [0.15, 0.2) is 0 Å². The summed E-state index contributed by atoms with van der Waals surface area (Å²) in [6.07, 6.45) is 0. The molecule has 0 aliphatic heterocycles. The molecule has 17 heavy (non-hydrogen) atoms. The van der Waals surface area contributed by atoms with Crippen LogP contribution in [0.3, 0.4) is 0 Å². The molecule has 3 heteroatoms. The van der Waals surface area contributed by atoms with E-state index in [1.165, 1.54) is 11.1 Å². The monoisotopic (exact) mass is 234 g/mol. The van der Waals surface area contributed by atoms with Gasteiger partial charge in [-0.3, -0.25) is 9.69 Å². The zero-order valence-electron chi connectivity index (χ0n) is 11.1. The van der Waals surface area contributed by atoms with Gasteiger partial charge in [-0.15, -0.1) is 0 Å². The predicted octanol–water partition coefficient (Wildman–Crippen LogP) is 2.12. The topological polar surface area (TPSA) is 46.3 Å². The first-order valence-corrected chi connectivity index (χ1v) is 6.00. The lowest BCUT2D eigenvalue weighted by Gasteiger charge is -2.22. The number of carbonyl (C=O) groups excluding carboxylic acids is 1. The Hall–Kier alpha value is -1.35. The standard InChI is InChI=1S/C14H22N2O/c1-10(2)13-7-5-12(6-8-13)9-16(4)11(3)14(15)17/h5-8,10-11H,9H2,1-4H3,(H2,15,17)/t11-/m1/s1. The first kappa shape index (κ1) is 13.7. The predicted molar refractivity (Wildman–Crippen MR) is 70.7 cm³/mol. The molecule has 1 aromatic carbocycles. The first-order chi connectivity index (χ1) is 7.91. The second kappa shape index (κ2) is 5.82. The number of nitrogens with zero attached hydrogens (tertiary/aromatic N) is 1. The molecule has 0 saturated heterocycles. The molecule has 3 nitrogen and oxygen atoms in total. The van der Waals surface area contributed by atoms with Crippen molar-refractivity contribution in [2.24, 2.45) is 5.73 Å². The van der Waals surface area contributed by atoms with Gasteiger partial charge in [0.2, 0.25) is 5.91 Å². The highest BCUT2D eigenvalue weighted by atomic mass is 16.1. The van der Waals surface area contributed by atoms with E-state index in [2.05, 4.69) is 38.1 Å². The van der Waals surface area contributed by atoms with Crippen molar-refractivity contribution in [2.45, 2.75) is 39.3 Å². The van der Waals surface area contributed by atoms with Gasteiger partial charge in [0.25, 0.3) is 0 Å².